The summed E-state index contributed by atoms with van der Waals surface area (Å²) in [7, 11) is 1.63. The number of para-hydroxylation sites is 3. The summed E-state index contributed by atoms with van der Waals surface area (Å²) in [4.78, 5) is 41.6. The number of methoxy groups -OCH3 is 1. The molecule has 220 valence electrons. The summed E-state index contributed by atoms with van der Waals surface area (Å²) < 4.78 is 10.9. The molecule has 3 aromatic carbocycles. The molecule has 0 spiro atoms. The second-order valence-corrected chi connectivity index (χ2v) is 9.55. The number of carboxylic acids is 1. The summed E-state index contributed by atoms with van der Waals surface area (Å²) in [5.41, 5.74) is 7.93. The predicted octanol–water partition coefficient (Wildman–Crippen LogP) is 2.06. The summed E-state index contributed by atoms with van der Waals surface area (Å²) in [5.74, 6) is -1.07. The van der Waals surface area contributed by atoms with Crippen LogP contribution in [0.2, 0.25) is 0 Å². The highest BCUT2D eigenvalue weighted by Crippen LogP contribution is 2.30. The number of hydrogen-bond acceptors (Lipinski definition) is 8. The van der Waals surface area contributed by atoms with Gasteiger partial charge in [0.05, 0.1) is 19.3 Å². The highest BCUT2D eigenvalue weighted by atomic mass is 16.5. The maximum atomic E-state index is 13.5. The van der Waals surface area contributed by atoms with E-state index in [1.54, 1.807) is 60.5 Å². The predicted molar refractivity (Wildman–Crippen MR) is 158 cm³/mol. The van der Waals surface area contributed by atoms with Gasteiger partial charge in [0.25, 0.3) is 0 Å². The van der Waals surface area contributed by atoms with Gasteiger partial charge in [-0.25, -0.2) is 4.79 Å². The number of hydrogen-bond donors (Lipinski definition) is 5. The molecule has 4 rings (SSSR count). The molecule has 1 atom stereocenters. The van der Waals surface area contributed by atoms with Crippen molar-refractivity contribution in [2.24, 2.45) is 5.73 Å². The Morgan fingerprint density at radius 3 is 2.36 bits per heavy atom. The molecule has 1 unspecified atom stereocenters. The average molecular weight is 575 g/mol. The standard InChI is InChI=1S/C30H34N6O6/c1-41-25-12-5-3-10-23(25)35-13-15-36(16-14-35)26(37)18-33-30(40)28(34-21-8-6-7-20(17-21)29(31)32)22-9-2-4-11-24(22)42-19-27(38)39/h2-12,17,28,34H,13-16,18-19H2,1H3,(H3,31,32)(H,33,40)(H,38,39). The van der Waals surface area contributed by atoms with E-state index in [9.17, 15) is 14.4 Å². The van der Waals surface area contributed by atoms with Crippen LogP contribution in [0.25, 0.3) is 0 Å². The number of nitrogens with one attached hydrogen (secondary N) is 3. The monoisotopic (exact) mass is 574 g/mol. The number of carbonyl (C=O) groups excluding carboxylic acids is 2. The molecule has 0 bridgehead atoms. The number of rotatable bonds is 12. The van der Waals surface area contributed by atoms with Gasteiger partial charge in [0.2, 0.25) is 11.8 Å². The van der Waals surface area contributed by atoms with Gasteiger partial charge < -0.3 is 40.7 Å². The maximum Gasteiger partial charge on any atom is 0.341 e. The second kappa shape index (κ2) is 13.9. The van der Waals surface area contributed by atoms with Crippen LogP contribution in [0.1, 0.15) is 17.2 Å². The lowest BCUT2D eigenvalue weighted by Gasteiger charge is -2.36. The minimum Gasteiger partial charge on any atom is -0.495 e. The Kier molecular flexibility index (Phi) is 9.82. The highest BCUT2D eigenvalue weighted by Gasteiger charge is 2.27. The number of nitrogens with zero attached hydrogens (tertiary/aromatic N) is 2. The Morgan fingerprint density at radius 1 is 0.976 bits per heavy atom. The molecule has 1 aliphatic heterocycles. The van der Waals surface area contributed by atoms with Crippen LogP contribution in [0, 0.1) is 5.41 Å². The van der Waals surface area contributed by atoms with Gasteiger partial charge in [0.15, 0.2) is 6.61 Å². The minimum absolute atomic E-state index is 0.138. The van der Waals surface area contributed by atoms with Crippen molar-refractivity contribution in [3.63, 3.8) is 0 Å². The van der Waals surface area contributed by atoms with E-state index in [-0.39, 0.29) is 24.0 Å². The first-order valence-electron chi connectivity index (χ1n) is 13.3. The number of nitrogen functional groups attached to an aromatic ring is 1. The van der Waals surface area contributed by atoms with E-state index in [1.165, 1.54) is 0 Å². The Balaban J connectivity index is 1.46. The van der Waals surface area contributed by atoms with Crippen LogP contribution in [-0.2, 0) is 14.4 Å². The molecule has 0 aliphatic carbocycles. The van der Waals surface area contributed by atoms with E-state index in [0.29, 0.717) is 43.0 Å². The third-order valence-corrected chi connectivity index (χ3v) is 6.80. The van der Waals surface area contributed by atoms with Crippen LogP contribution < -0.4 is 30.7 Å². The fourth-order valence-corrected chi connectivity index (χ4v) is 4.68. The Bertz CT molecular complexity index is 1440. The van der Waals surface area contributed by atoms with Gasteiger partial charge >= 0.3 is 5.97 Å². The lowest BCUT2D eigenvalue weighted by Crippen LogP contribution is -2.51. The van der Waals surface area contributed by atoms with E-state index in [4.69, 9.17) is 25.7 Å². The Labute approximate surface area is 243 Å². The zero-order chi connectivity index (χ0) is 30.1. The van der Waals surface area contributed by atoms with Crippen LogP contribution in [0.15, 0.2) is 72.8 Å². The van der Waals surface area contributed by atoms with E-state index < -0.39 is 24.5 Å². The summed E-state index contributed by atoms with van der Waals surface area (Å²) in [5, 5.41) is 22.7. The number of carbonyl (C=O) groups is 3. The number of amidine groups is 1. The van der Waals surface area contributed by atoms with Crippen LogP contribution in [-0.4, -0.2) is 80.1 Å². The van der Waals surface area contributed by atoms with Crippen molar-refractivity contribution in [1.29, 1.82) is 5.41 Å². The number of nitrogens with two attached hydrogens (primary N) is 1. The first kappa shape index (κ1) is 29.7. The van der Waals surface area contributed by atoms with Crippen LogP contribution in [0.4, 0.5) is 11.4 Å². The van der Waals surface area contributed by atoms with Crippen LogP contribution in [0.5, 0.6) is 11.5 Å². The maximum absolute atomic E-state index is 13.5. The van der Waals surface area contributed by atoms with Gasteiger partial charge in [-0.05, 0) is 30.3 Å². The Morgan fingerprint density at radius 2 is 1.67 bits per heavy atom. The van der Waals surface area contributed by atoms with Crippen molar-refractivity contribution >= 4 is 35.0 Å². The summed E-state index contributed by atoms with van der Waals surface area (Å²) in [6.07, 6.45) is 0. The number of aliphatic carboxylic acids is 1. The number of anilines is 2. The fraction of sp³-hybridized carbons (Fsp3) is 0.267. The summed E-state index contributed by atoms with van der Waals surface area (Å²) in [6, 6.07) is 19.9. The van der Waals surface area contributed by atoms with Crippen molar-refractivity contribution < 1.29 is 29.0 Å². The fourth-order valence-electron chi connectivity index (χ4n) is 4.68. The third-order valence-electron chi connectivity index (χ3n) is 6.80. The van der Waals surface area contributed by atoms with E-state index in [0.717, 1.165) is 11.4 Å². The zero-order valence-electron chi connectivity index (χ0n) is 23.2. The molecule has 0 radical (unpaired) electrons. The topological polar surface area (TPSA) is 170 Å². The third kappa shape index (κ3) is 7.47. The van der Waals surface area contributed by atoms with Gasteiger partial charge in [-0.2, -0.15) is 0 Å². The van der Waals surface area contributed by atoms with Gasteiger partial charge in [0.1, 0.15) is 23.4 Å². The van der Waals surface area contributed by atoms with Crippen LogP contribution in [0.3, 0.4) is 0 Å². The quantitative estimate of drug-likeness (QED) is 0.160. The second-order valence-electron chi connectivity index (χ2n) is 9.55. The SMILES string of the molecule is COc1ccccc1N1CCN(C(=O)CNC(=O)C(Nc2cccc(C(=N)N)c2)c2ccccc2OCC(=O)O)CC1. The van der Waals surface area contributed by atoms with Gasteiger partial charge in [-0.3, -0.25) is 15.0 Å². The largest absolute Gasteiger partial charge is 0.495 e. The molecule has 2 amide bonds. The van der Waals surface area contributed by atoms with Gasteiger partial charge in [-0.1, -0.05) is 42.5 Å². The molecule has 0 aromatic heterocycles. The van der Waals surface area contributed by atoms with Crippen molar-refractivity contribution in [3.05, 3.63) is 83.9 Å². The molecular weight excluding hydrogens is 540 g/mol. The number of amides is 2. The number of benzene rings is 3. The summed E-state index contributed by atoms with van der Waals surface area (Å²) >= 11 is 0. The molecule has 0 saturated carbocycles. The van der Waals surface area contributed by atoms with Crippen molar-refractivity contribution in [2.75, 3.05) is 56.7 Å². The minimum atomic E-state index is -1.16. The van der Waals surface area contributed by atoms with E-state index in [2.05, 4.69) is 15.5 Å². The molecule has 1 heterocycles. The van der Waals surface area contributed by atoms with E-state index in [1.807, 2.05) is 24.3 Å². The number of carboxylic acid groups (broad SMARTS) is 1. The lowest BCUT2D eigenvalue weighted by molar-refractivity contribution is -0.139. The normalized spacial score (nSPS) is 13.5. The average Bonchev–Trinajstić information content (AvgIpc) is 3.01. The van der Waals surface area contributed by atoms with Crippen molar-refractivity contribution in [2.45, 2.75) is 6.04 Å². The first-order chi connectivity index (χ1) is 20.3. The molecule has 3 aromatic rings. The molecule has 1 fully saturated rings. The van der Waals surface area contributed by atoms with Gasteiger partial charge in [0, 0.05) is 43.0 Å². The smallest absolute Gasteiger partial charge is 0.341 e. The number of piperazine rings is 1. The molecule has 6 N–H and O–H groups in total. The Hall–Kier alpha value is -5.26. The molecular formula is C30H34N6O6. The van der Waals surface area contributed by atoms with Crippen LogP contribution >= 0.6 is 0 Å². The summed E-state index contributed by atoms with van der Waals surface area (Å²) in [6.45, 7) is 1.38. The van der Waals surface area contributed by atoms with E-state index >= 15 is 0 Å². The van der Waals surface area contributed by atoms with Crippen molar-refractivity contribution in [1.82, 2.24) is 10.2 Å². The molecule has 1 saturated heterocycles. The van der Waals surface area contributed by atoms with Crippen molar-refractivity contribution in [3.8, 4) is 11.5 Å². The molecule has 1 aliphatic rings. The first-order valence-corrected chi connectivity index (χ1v) is 13.3. The lowest BCUT2D eigenvalue weighted by atomic mass is 10.0. The molecule has 12 heteroatoms. The molecule has 12 nitrogen and oxygen atoms in total. The molecule has 42 heavy (non-hydrogen) atoms. The van der Waals surface area contributed by atoms with Gasteiger partial charge in [-0.15, -0.1) is 0 Å². The number of ether oxygens (including phenoxy) is 2. The highest BCUT2D eigenvalue weighted by molar-refractivity contribution is 5.96. The zero-order valence-corrected chi connectivity index (χ0v) is 23.2.